The molecule has 5 aliphatic rings. The van der Waals surface area contributed by atoms with Gasteiger partial charge in [-0.05, 0) is 67.3 Å². The molecule has 3 saturated carbocycles. The van der Waals surface area contributed by atoms with Gasteiger partial charge in [0.05, 0.1) is 11.8 Å². The number of Topliss-reactive ketones (excluding diaryl/α,β-unsaturated/α-hetero) is 1. The molecule has 0 bridgehead atoms. The molecular formula is C29H38N2O3. The van der Waals surface area contributed by atoms with E-state index in [0.717, 1.165) is 50.5 Å². The van der Waals surface area contributed by atoms with Crippen molar-refractivity contribution in [3.05, 3.63) is 23.3 Å². The molecule has 0 spiro atoms. The molecular weight excluding hydrogens is 424 g/mol. The summed E-state index contributed by atoms with van der Waals surface area (Å²) >= 11 is 0. The number of fused-ring (bicyclic) bond motifs is 7. The maximum atomic E-state index is 14.0. The summed E-state index contributed by atoms with van der Waals surface area (Å²) in [6.45, 7) is 10.7. The molecule has 8 atom stereocenters. The Morgan fingerprint density at radius 2 is 1.85 bits per heavy atom. The number of oxime groups is 1. The van der Waals surface area contributed by atoms with Crippen molar-refractivity contribution in [3.8, 4) is 6.07 Å². The minimum absolute atomic E-state index is 0.0615. The van der Waals surface area contributed by atoms with E-state index in [1.165, 1.54) is 0 Å². The van der Waals surface area contributed by atoms with Crippen molar-refractivity contribution in [1.29, 1.82) is 5.26 Å². The summed E-state index contributed by atoms with van der Waals surface area (Å²) in [6.07, 6.45) is 12.6. The zero-order valence-corrected chi connectivity index (χ0v) is 21.2. The highest BCUT2D eigenvalue weighted by molar-refractivity contribution is 6.04. The summed E-state index contributed by atoms with van der Waals surface area (Å²) in [5, 5.41) is 22.8. The lowest BCUT2D eigenvalue weighted by Crippen LogP contribution is -2.61. The second kappa shape index (κ2) is 7.39. The summed E-state index contributed by atoms with van der Waals surface area (Å²) in [7, 11) is 0. The van der Waals surface area contributed by atoms with Crippen molar-refractivity contribution in [2.24, 2.45) is 56.4 Å². The number of nitriles is 1. The molecule has 0 heterocycles. The van der Waals surface area contributed by atoms with Crippen LogP contribution in [0.15, 0.2) is 28.5 Å². The Hall–Kier alpha value is -2.22. The van der Waals surface area contributed by atoms with Crippen LogP contribution in [-0.2, 0) is 9.59 Å². The number of rotatable bonds is 1. The van der Waals surface area contributed by atoms with Crippen LogP contribution >= 0.6 is 0 Å². The van der Waals surface area contributed by atoms with Crippen molar-refractivity contribution in [2.45, 2.75) is 79.6 Å². The number of carbonyl (C=O) groups is 2. The third kappa shape index (κ3) is 2.80. The Morgan fingerprint density at radius 3 is 2.53 bits per heavy atom. The normalized spacial score (nSPS) is 47.5. The van der Waals surface area contributed by atoms with Crippen LogP contribution in [0, 0.1) is 62.6 Å². The molecule has 5 rings (SSSR count). The molecule has 5 nitrogen and oxygen atoms in total. The minimum atomic E-state index is -0.631. The Kier molecular flexibility index (Phi) is 5.11. The van der Waals surface area contributed by atoms with Gasteiger partial charge >= 0.3 is 0 Å². The number of nitrogens with zero attached hydrogens (tertiary/aromatic N) is 2. The summed E-state index contributed by atoms with van der Waals surface area (Å²) in [5.41, 5.74) is -0.0619. The quantitative estimate of drug-likeness (QED) is 0.299. The molecule has 34 heavy (non-hydrogen) atoms. The van der Waals surface area contributed by atoms with Crippen molar-refractivity contribution < 1.29 is 14.8 Å². The fourth-order valence-corrected chi connectivity index (χ4v) is 9.81. The maximum absolute atomic E-state index is 14.0. The van der Waals surface area contributed by atoms with E-state index in [2.05, 4.69) is 32.0 Å². The first-order valence-corrected chi connectivity index (χ1v) is 13.1. The third-order valence-corrected chi connectivity index (χ3v) is 11.2. The monoisotopic (exact) mass is 462 g/mol. The van der Waals surface area contributed by atoms with Crippen molar-refractivity contribution in [3.63, 3.8) is 0 Å². The van der Waals surface area contributed by atoms with E-state index >= 15 is 0 Å². The van der Waals surface area contributed by atoms with Gasteiger partial charge in [0.1, 0.15) is 6.07 Å². The molecule has 1 N–H and O–H groups in total. The smallest absolute Gasteiger partial charge is 0.178 e. The van der Waals surface area contributed by atoms with Crippen LogP contribution < -0.4 is 0 Å². The van der Waals surface area contributed by atoms with Gasteiger partial charge < -0.3 is 5.21 Å². The second-order valence-electron chi connectivity index (χ2n) is 13.0. The van der Waals surface area contributed by atoms with Crippen LogP contribution in [0.25, 0.3) is 0 Å². The largest absolute Gasteiger partial charge is 0.411 e. The lowest BCUT2D eigenvalue weighted by atomic mass is 9.38. The SMILES string of the molecule is CC1CCCC2(/C=N/O)CCC3C(C(=O)C=C4C5(C)C=C(C#N)C(=O)C(C)(C)C5CCC43C)C12. The van der Waals surface area contributed by atoms with Gasteiger partial charge in [0.15, 0.2) is 11.6 Å². The lowest BCUT2D eigenvalue weighted by molar-refractivity contribution is -0.142. The molecule has 0 aromatic carbocycles. The summed E-state index contributed by atoms with van der Waals surface area (Å²) < 4.78 is 0. The second-order valence-corrected chi connectivity index (χ2v) is 13.0. The Morgan fingerprint density at radius 1 is 1.12 bits per heavy atom. The molecule has 8 unspecified atom stereocenters. The number of hydrogen-bond donors (Lipinski definition) is 1. The van der Waals surface area contributed by atoms with Gasteiger partial charge in [0.2, 0.25) is 0 Å². The van der Waals surface area contributed by atoms with Gasteiger partial charge in [-0.3, -0.25) is 9.59 Å². The van der Waals surface area contributed by atoms with Gasteiger partial charge in [-0.2, -0.15) is 5.26 Å². The van der Waals surface area contributed by atoms with Crippen molar-refractivity contribution >= 4 is 17.8 Å². The number of carbonyl (C=O) groups excluding carboxylic acids is 2. The topological polar surface area (TPSA) is 90.5 Å². The maximum Gasteiger partial charge on any atom is 0.178 e. The molecule has 0 aromatic rings. The van der Waals surface area contributed by atoms with E-state index < -0.39 is 10.8 Å². The van der Waals surface area contributed by atoms with Gasteiger partial charge in [0, 0.05) is 22.2 Å². The van der Waals surface area contributed by atoms with Crippen LogP contribution in [0.1, 0.15) is 79.6 Å². The van der Waals surface area contributed by atoms with Crippen LogP contribution in [-0.4, -0.2) is 23.0 Å². The number of hydrogen-bond acceptors (Lipinski definition) is 5. The molecule has 0 saturated heterocycles. The van der Waals surface area contributed by atoms with E-state index in [-0.39, 0.29) is 51.6 Å². The third-order valence-electron chi connectivity index (χ3n) is 11.2. The van der Waals surface area contributed by atoms with Gasteiger partial charge in [-0.25, -0.2) is 0 Å². The van der Waals surface area contributed by atoms with Crippen LogP contribution in [0.4, 0.5) is 0 Å². The van der Waals surface area contributed by atoms with Crippen molar-refractivity contribution in [1.82, 2.24) is 0 Å². The summed E-state index contributed by atoms with van der Waals surface area (Å²) in [4.78, 5) is 27.1. The highest BCUT2D eigenvalue weighted by Crippen LogP contribution is 2.69. The molecule has 5 aliphatic carbocycles. The van der Waals surface area contributed by atoms with Gasteiger partial charge in [-0.1, -0.05) is 59.1 Å². The first-order valence-electron chi connectivity index (χ1n) is 13.1. The molecule has 0 aromatic heterocycles. The highest BCUT2D eigenvalue weighted by Gasteiger charge is 2.65. The molecule has 0 aliphatic heterocycles. The van der Waals surface area contributed by atoms with Gasteiger partial charge in [-0.15, -0.1) is 5.16 Å². The fourth-order valence-electron chi connectivity index (χ4n) is 9.81. The number of ketones is 2. The first-order chi connectivity index (χ1) is 16.0. The minimum Gasteiger partial charge on any atom is -0.411 e. The fraction of sp³-hybridized carbons (Fsp3) is 0.724. The number of allylic oxidation sites excluding steroid dienone is 4. The Bertz CT molecular complexity index is 1080. The summed E-state index contributed by atoms with van der Waals surface area (Å²) in [5.74, 6) is 0.991. The van der Waals surface area contributed by atoms with Crippen molar-refractivity contribution in [2.75, 3.05) is 0 Å². The standard InChI is InChI=1S/C29H38N2O3/c1-17-7-6-10-29(16-31-34)12-8-19-23(24(17)29)20(32)13-22-27(19,4)11-9-21-26(2,3)25(33)18(15-30)14-28(21,22)5/h13-14,16-17,19,21,23-24,34H,6-12H2,1-5H3/b31-16+. The predicted octanol–water partition coefficient (Wildman–Crippen LogP) is 5.89. The average molecular weight is 463 g/mol. The molecule has 0 amide bonds. The highest BCUT2D eigenvalue weighted by atomic mass is 16.4. The van der Waals surface area contributed by atoms with E-state index in [9.17, 15) is 20.1 Å². The molecule has 3 fully saturated rings. The van der Waals surface area contributed by atoms with E-state index in [0.29, 0.717) is 5.92 Å². The Balaban J connectivity index is 1.66. The predicted molar refractivity (Wildman–Crippen MR) is 130 cm³/mol. The lowest BCUT2D eigenvalue weighted by Gasteiger charge is -2.64. The van der Waals surface area contributed by atoms with E-state index in [1.807, 2.05) is 26.0 Å². The Labute approximate surface area is 203 Å². The molecule has 5 heteroatoms. The average Bonchev–Trinajstić information content (AvgIpc) is 2.78. The zero-order chi connectivity index (χ0) is 24.7. The van der Waals surface area contributed by atoms with Crippen LogP contribution in [0.3, 0.4) is 0 Å². The van der Waals surface area contributed by atoms with Gasteiger partial charge in [0.25, 0.3) is 0 Å². The van der Waals surface area contributed by atoms with Crippen LogP contribution in [0.2, 0.25) is 0 Å². The summed E-state index contributed by atoms with van der Waals surface area (Å²) in [6, 6.07) is 2.17. The van der Waals surface area contributed by atoms with E-state index in [1.54, 1.807) is 6.21 Å². The first kappa shape index (κ1) is 23.5. The molecule has 0 radical (unpaired) electrons. The zero-order valence-electron chi connectivity index (χ0n) is 21.2. The molecule has 182 valence electrons. The van der Waals surface area contributed by atoms with Crippen LogP contribution in [0.5, 0.6) is 0 Å². The van der Waals surface area contributed by atoms with E-state index in [4.69, 9.17) is 0 Å².